The number of hydrogen-bond acceptors (Lipinski definition) is 3. The van der Waals surface area contributed by atoms with Crippen LogP contribution in [0.1, 0.15) is 29.1 Å². The fourth-order valence-electron chi connectivity index (χ4n) is 2.45. The molecule has 0 bridgehead atoms. The SMILES string of the molecule is COc1ccc([C@H]2Cc3ccccc3[C@H](O)O2)cc1. The first-order chi connectivity index (χ1) is 9.28. The van der Waals surface area contributed by atoms with E-state index in [0.717, 1.165) is 28.9 Å². The molecule has 0 aliphatic carbocycles. The van der Waals surface area contributed by atoms with E-state index in [1.165, 1.54) is 0 Å². The Labute approximate surface area is 112 Å². The van der Waals surface area contributed by atoms with Gasteiger partial charge >= 0.3 is 0 Å². The van der Waals surface area contributed by atoms with E-state index < -0.39 is 6.29 Å². The number of hydrogen-bond donors (Lipinski definition) is 1. The molecule has 0 aromatic heterocycles. The minimum atomic E-state index is -0.850. The van der Waals surface area contributed by atoms with Crippen LogP contribution < -0.4 is 4.74 Å². The van der Waals surface area contributed by atoms with Gasteiger partial charge in [-0.3, -0.25) is 0 Å². The van der Waals surface area contributed by atoms with E-state index in [1.54, 1.807) is 7.11 Å². The minimum absolute atomic E-state index is 0.115. The number of methoxy groups -OCH3 is 1. The summed E-state index contributed by atoms with van der Waals surface area (Å²) in [6, 6.07) is 15.6. The Bertz CT molecular complexity index is 562. The van der Waals surface area contributed by atoms with E-state index in [4.69, 9.17) is 9.47 Å². The van der Waals surface area contributed by atoms with Gasteiger partial charge in [0.05, 0.1) is 13.2 Å². The summed E-state index contributed by atoms with van der Waals surface area (Å²) in [7, 11) is 1.64. The van der Waals surface area contributed by atoms with Gasteiger partial charge < -0.3 is 14.6 Å². The highest BCUT2D eigenvalue weighted by Crippen LogP contribution is 2.36. The van der Waals surface area contributed by atoms with Crippen LogP contribution in [0.2, 0.25) is 0 Å². The largest absolute Gasteiger partial charge is 0.497 e. The first kappa shape index (κ1) is 12.2. The van der Waals surface area contributed by atoms with E-state index in [0.29, 0.717) is 0 Å². The molecule has 3 heteroatoms. The van der Waals surface area contributed by atoms with Crippen LogP contribution in [-0.4, -0.2) is 12.2 Å². The van der Waals surface area contributed by atoms with Gasteiger partial charge in [0, 0.05) is 12.0 Å². The maximum absolute atomic E-state index is 10.0. The Morgan fingerprint density at radius 2 is 1.84 bits per heavy atom. The fraction of sp³-hybridized carbons (Fsp3) is 0.250. The second-order valence-electron chi connectivity index (χ2n) is 4.65. The molecule has 1 heterocycles. The molecule has 0 spiro atoms. The zero-order valence-electron chi connectivity index (χ0n) is 10.7. The van der Waals surface area contributed by atoms with Crippen molar-refractivity contribution in [3.63, 3.8) is 0 Å². The quantitative estimate of drug-likeness (QED) is 0.897. The van der Waals surface area contributed by atoms with Crippen LogP contribution in [0.25, 0.3) is 0 Å². The Morgan fingerprint density at radius 1 is 1.11 bits per heavy atom. The molecule has 3 rings (SSSR count). The average Bonchev–Trinajstić information content (AvgIpc) is 2.47. The average molecular weight is 256 g/mol. The maximum atomic E-state index is 10.0. The first-order valence-electron chi connectivity index (χ1n) is 6.33. The molecule has 98 valence electrons. The molecule has 0 saturated carbocycles. The second kappa shape index (κ2) is 5.03. The number of fused-ring (bicyclic) bond motifs is 1. The van der Waals surface area contributed by atoms with E-state index in [9.17, 15) is 5.11 Å². The number of aliphatic hydroxyl groups excluding tert-OH is 1. The van der Waals surface area contributed by atoms with Gasteiger partial charge in [-0.2, -0.15) is 0 Å². The third kappa shape index (κ3) is 2.35. The van der Waals surface area contributed by atoms with Gasteiger partial charge in [0.1, 0.15) is 5.75 Å². The van der Waals surface area contributed by atoms with Gasteiger partial charge in [0.25, 0.3) is 0 Å². The molecule has 19 heavy (non-hydrogen) atoms. The Hall–Kier alpha value is -1.84. The van der Waals surface area contributed by atoms with Gasteiger partial charge in [-0.15, -0.1) is 0 Å². The molecule has 3 nitrogen and oxygen atoms in total. The Balaban J connectivity index is 1.87. The van der Waals surface area contributed by atoms with E-state index >= 15 is 0 Å². The summed E-state index contributed by atoms with van der Waals surface area (Å²) in [5.74, 6) is 0.820. The Kier molecular flexibility index (Phi) is 3.23. The van der Waals surface area contributed by atoms with Gasteiger partial charge in [-0.25, -0.2) is 0 Å². The molecule has 1 N–H and O–H groups in total. The molecule has 1 aliphatic rings. The van der Waals surface area contributed by atoms with Crippen LogP contribution in [0, 0.1) is 0 Å². The summed E-state index contributed by atoms with van der Waals surface area (Å²) in [5, 5.41) is 10.0. The van der Waals surface area contributed by atoms with Gasteiger partial charge in [0.15, 0.2) is 6.29 Å². The lowest BCUT2D eigenvalue weighted by Crippen LogP contribution is -2.20. The van der Waals surface area contributed by atoms with Crippen LogP contribution in [0.4, 0.5) is 0 Å². The molecule has 0 unspecified atom stereocenters. The second-order valence-corrected chi connectivity index (χ2v) is 4.65. The molecular weight excluding hydrogens is 240 g/mol. The summed E-state index contributed by atoms with van der Waals surface area (Å²) in [6.45, 7) is 0. The molecule has 2 aromatic carbocycles. The lowest BCUT2D eigenvalue weighted by molar-refractivity contribution is -0.151. The summed E-state index contributed by atoms with van der Waals surface area (Å²) in [5.41, 5.74) is 3.06. The highest BCUT2D eigenvalue weighted by atomic mass is 16.6. The predicted octanol–water partition coefficient (Wildman–Crippen LogP) is 3.00. The molecule has 0 amide bonds. The zero-order valence-corrected chi connectivity index (χ0v) is 10.7. The fourth-order valence-corrected chi connectivity index (χ4v) is 2.45. The highest BCUT2D eigenvalue weighted by Gasteiger charge is 2.26. The van der Waals surface area contributed by atoms with E-state index in [1.807, 2.05) is 48.5 Å². The van der Waals surface area contributed by atoms with Crippen molar-refractivity contribution in [2.24, 2.45) is 0 Å². The summed E-state index contributed by atoms with van der Waals surface area (Å²) in [6.07, 6.45) is -0.188. The Morgan fingerprint density at radius 3 is 2.58 bits per heavy atom. The highest BCUT2D eigenvalue weighted by molar-refractivity contribution is 5.34. The van der Waals surface area contributed by atoms with Crippen LogP contribution >= 0.6 is 0 Å². The smallest absolute Gasteiger partial charge is 0.182 e. The van der Waals surface area contributed by atoms with Gasteiger partial charge in [-0.05, 0) is 23.3 Å². The maximum Gasteiger partial charge on any atom is 0.182 e. The number of ether oxygens (including phenoxy) is 2. The molecule has 2 atom stereocenters. The van der Waals surface area contributed by atoms with Crippen LogP contribution in [0.15, 0.2) is 48.5 Å². The van der Waals surface area contributed by atoms with Crippen LogP contribution in [0.5, 0.6) is 5.75 Å². The monoisotopic (exact) mass is 256 g/mol. The van der Waals surface area contributed by atoms with Crippen molar-refractivity contribution in [3.05, 3.63) is 65.2 Å². The zero-order chi connectivity index (χ0) is 13.2. The standard InChI is InChI=1S/C16H16O3/c1-18-13-8-6-11(7-9-13)15-10-12-4-2-3-5-14(12)16(17)19-15/h2-9,15-17H,10H2,1H3/t15-,16-/m1/s1. The lowest BCUT2D eigenvalue weighted by atomic mass is 9.94. The minimum Gasteiger partial charge on any atom is -0.497 e. The van der Waals surface area contributed by atoms with Crippen molar-refractivity contribution in [3.8, 4) is 5.75 Å². The van der Waals surface area contributed by atoms with E-state index in [-0.39, 0.29) is 6.10 Å². The van der Waals surface area contributed by atoms with Crippen molar-refractivity contribution < 1.29 is 14.6 Å². The summed E-state index contributed by atoms with van der Waals surface area (Å²) >= 11 is 0. The predicted molar refractivity (Wildman–Crippen MR) is 71.9 cm³/mol. The number of rotatable bonds is 2. The van der Waals surface area contributed by atoms with Crippen molar-refractivity contribution >= 4 is 0 Å². The van der Waals surface area contributed by atoms with Crippen molar-refractivity contribution in [1.82, 2.24) is 0 Å². The molecule has 1 aliphatic heterocycles. The van der Waals surface area contributed by atoms with Crippen molar-refractivity contribution in [2.75, 3.05) is 7.11 Å². The number of aliphatic hydroxyl groups is 1. The molecule has 0 radical (unpaired) electrons. The molecule has 0 fully saturated rings. The van der Waals surface area contributed by atoms with Crippen molar-refractivity contribution in [2.45, 2.75) is 18.8 Å². The van der Waals surface area contributed by atoms with Gasteiger partial charge in [-0.1, -0.05) is 36.4 Å². The lowest BCUT2D eigenvalue weighted by Gasteiger charge is -2.29. The van der Waals surface area contributed by atoms with Gasteiger partial charge in [0.2, 0.25) is 0 Å². The topological polar surface area (TPSA) is 38.7 Å². The van der Waals surface area contributed by atoms with Crippen LogP contribution in [-0.2, 0) is 11.2 Å². The third-order valence-electron chi connectivity index (χ3n) is 3.51. The number of benzene rings is 2. The summed E-state index contributed by atoms with van der Waals surface area (Å²) in [4.78, 5) is 0. The van der Waals surface area contributed by atoms with E-state index in [2.05, 4.69) is 0 Å². The summed E-state index contributed by atoms with van der Waals surface area (Å²) < 4.78 is 10.8. The third-order valence-corrected chi connectivity index (χ3v) is 3.51. The van der Waals surface area contributed by atoms with Crippen LogP contribution in [0.3, 0.4) is 0 Å². The molecule has 2 aromatic rings. The molecule has 0 saturated heterocycles. The first-order valence-corrected chi connectivity index (χ1v) is 6.33. The molecular formula is C16H16O3. The van der Waals surface area contributed by atoms with Crippen molar-refractivity contribution in [1.29, 1.82) is 0 Å². The normalized spacial score (nSPS) is 21.8.